The molecule has 0 radical (unpaired) electrons. The number of hydrogen-bond acceptors (Lipinski definition) is 2. The van der Waals surface area contributed by atoms with Crippen LogP contribution in [0.15, 0.2) is 212 Å². The second-order valence-electron chi connectivity index (χ2n) is 14.5. The zero-order valence-corrected chi connectivity index (χ0v) is 31.4. The van der Waals surface area contributed by atoms with Crippen LogP contribution in [0.1, 0.15) is 0 Å². The van der Waals surface area contributed by atoms with Gasteiger partial charge in [-0.25, -0.2) is 0 Å². The highest BCUT2D eigenvalue weighted by atomic mass is 32.1. The predicted octanol–water partition coefficient (Wildman–Crippen LogP) is 16.0. The highest BCUT2D eigenvalue weighted by Gasteiger charge is 2.21. The van der Waals surface area contributed by atoms with Crippen molar-refractivity contribution in [3.05, 3.63) is 212 Å². The van der Waals surface area contributed by atoms with Crippen molar-refractivity contribution in [3.8, 4) is 33.4 Å². The van der Waals surface area contributed by atoms with Gasteiger partial charge in [-0.15, -0.1) is 11.3 Å². The highest BCUT2D eigenvalue weighted by Crippen LogP contribution is 2.46. The van der Waals surface area contributed by atoms with Crippen LogP contribution in [0.25, 0.3) is 85.9 Å². The summed E-state index contributed by atoms with van der Waals surface area (Å²) in [7, 11) is 0. The molecule has 11 aromatic rings. The highest BCUT2D eigenvalue weighted by molar-refractivity contribution is 7.25. The number of rotatable bonds is 6. The molecule has 0 atom stereocenters. The third-order valence-corrected chi connectivity index (χ3v) is 12.4. The van der Waals surface area contributed by atoms with E-state index < -0.39 is 0 Å². The lowest BCUT2D eigenvalue weighted by atomic mass is 9.93. The van der Waals surface area contributed by atoms with Crippen LogP contribution in [0, 0.1) is 0 Å². The SMILES string of the molecule is c1ccc(-c2ccc(-c3cccc4ccccc34)cc2N(c2ccc(-c3cc4ccccc4c4ccccc34)cc2)c2ccc3c(c2)sc2ccccc23)cc1. The molecule has 1 aromatic heterocycles. The van der Waals surface area contributed by atoms with Gasteiger partial charge in [0.25, 0.3) is 0 Å². The van der Waals surface area contributed by atoms with Gasteiger partial charge in [-0.05, 0) is 103 Å². The molecule has 11 rings (SSSR count). The van der Waals surface area contributed by atoms with Crippen LogP contribution in [0.5, 0.6) is 0 Å². The molecule has 56 heavy (non-hydrogen) atoms. The summed E-state index contributed by atoms with van der Waals surface area (Å²) in [5.74, 6) is 0. The fourth-order valence-corrected chi connectivity index (χ4v) is 9.73. The van der Waals surface area contributed by atoms with E-state index in [1.807, 2.05) is 11.3 Å². The summed E-state index contributed by atoms with van der Waals surface area (Å²) in [6.07, 6.45) is 0. The first kappa shape index (κ1) is 32.4. The Morgan fingerprint density at radius 2 is 0.893 bits per heavy atom. The first-order chi connectivity index (χ1) is 27.8. The largest absolute Gasteiger partial charge is 0.310 e. The van der Waals surface area contributed by atoms with Crippen molar-refractivity contribution < 1.29 is 0 Å². The molecule has 0 saturated carbocycles. The van der Waals surface area contributed by atoms with Crippen LogP contribution in [0.3, 0.4) is 0 Å². The minimum atomic E-state index is 1.10. The van der Waals surface area contributed by atoms with Gasteiger partial charge in [0.05, 0.1) is 5.69 Å². The van der Waals surface area contributed by atoms with Crippen LogP contribution in [-0.4, -0.2) is 0 Å². The van der Waals surface area contributed by atoms with Crippen LogP contribution >= 0.6 is 11.3 Å². The monoisotopic (exact) mass is 729 g/mol. The Hall–Kier alpha value is -7.00. The molecule has 0 aliphatic carbocycles. The van der Waals surface area contributed by atoms with E-state index >= 15 is 0 Å². The number of nitrogens with zero attached hydrogens (tertiary/aromatic N) is 1. The van der Waals surface area contributed by atoms with Gasteiger partial charge in [0, 0.05) is 37.1 Å². The van der Waals surface area contributed by atoms with Crippen molar-refractivity contribution in [1.29, 1.82) is 0 Å². The van der Waals surface area contributed by atoms with Gasteiger partial charge < -0.3 is 4.90 Å². The summed E-state index contributed by atoms with van der Waals surface area (Å²) in [5, 5.41) is 10.2. The van der Waals surface area contributed by atoms with E-state index in [2.05, 4.69) is 217 Å². The molecule has 1 heterocycles. The average molecular weight is 730 g/mol. The number of fused-ring (bicyclic) bond motifs is 7. The topological polar surface area (TPSA) is 3.24 Å². The van der Waals surface area contributed by atoms with E-state index in [1.54, 1.807) is 0 Å². The number of benzene rings is 10. The Bertz CT molecular complexity index is 3240. The lowest BCUT2D eigenvalue weighted by molar-refractivity contribution is 1.29. The van der Waals surface area contributed by atoms with E-state index in [0.717, 1.165) is 17.1 Å². The Labute approximate surface area is 330 Å². The molecular formula is C54H35NS. The zero-order chi connectivity index (χ0) is 37.0. The van der Waals surface area contributed by atoms with E-state index in [-0.39, 0.29) is 0 Å². The molecule has 0 saturated heterocycles. The van der Waals surface area contributed by atoms with Crippen LogP contribution in [0.2, 0.25) is 0 Å². The Kier molecular flexibility index (Phi) is 7.75. The van der Waals surface area contributed by atoms with Gasteiger partial charge in [-0.1, -0.05) is 170 Å². The lowest BCUT2D eigenvalue weighted by Crippen LogP contribution is -2.11. The van der Waals surface area contributed by atoms with Crippen molar-refractivity contribution in [3.63, 3.8) is 0 Å². The molecule has 0 N–H and O–H groups in total. The van der Waals surface area contributed by atoms with E-state index in [9.17, 15) is 0 Å². The normalized spacial score (nSPS) is 11.6. The van der Waals surface area contributed by atoms with Crippen molar-refractivity contribution in [2.24, 2.45) is 0 Å². The third-order valence-electron chi connectivity index (χ3n) is 11.2. The number of hydrogen-bond donors (Lipinski definition) is 0. The van der Waals surface area contributed by atoms with E-state index in [0.29, 0.717) is 0 Å². The Morgan fingerprint density at radius 1 is 0.286 bits per heavy atom. The first-order valence-corrected chi connectivity index (χ1v) is 20.0. The summed E-state index contributed by atoms with van der Waals surface area (Å²) < 4.78 is 2.58. The summed E-state index contributed by atoms with van der Waals surface area (Å²) in [5.41, 5.74) is 10.6. The van der Waals surface area contributed by atoms with Gasteiger partial charge in [-0.2, -0.15) is 0 Å². The Morgan fingerprint density at radius 3 is 1.73 bits per heavy atom. The summed E-state index contributed by atoms with van der Waals surface area (Å²) in [6, 6.07) is 77.9. The minimum Gasteiger partial charge on any atom is -0.310 e. The fourth-order valence-electron chi connectivity index (χ4n) is 8.59. The molecule has 0 aliphatic rings. The summed E-state index contributed by atoms with van der Waals surface area (Å²) in [4.78, 5) is 2.46. The maximum absolute atomic E-state index is 2.46. The smallest absolute Gasteiger partial charge is 0.0546 e. The van der Waals surface area contributed by atoms with Crippen molar-refractivity contribution >= 4 is 80.9 Å². The van der Waals surface area contributed by atoms with Crippen LogP contribution < -0.4 is 4.90 Å². The standard InChI is InChI=1S/C54H35NS/c1-2-13-37(14-3-1)46-31-27-40(44-23-12-17-36-15-4-6-18-43(36)44)34-52(46)55(42-30-32-50-49-22-10-11-24-53(49)56-54(50)35-42)41-28-25-38(26-29-41)51-33-39-16-5-7-19-45(39)47-20-8-9-21-48(47)51/h1-35H. The van der Waals surface area contributed by atoms with Gasteiger partial charge in [0.15, 0.2) is 0 Å². The second-order valence-corrected chi connectivity index (χ2v) is 15.6. The van der Waals surface area contributed by atoms with Crippen molar-refractivity contribution in [2.75, 3.05) is 4.90 Å². The van der Waals surface area contributed by atoms with Crippen LogP contribution in [0.4, 0.5) is 17.1 Å². The van der Waals surface area contributed by atoms with Gasteiger partial charge >= 0.3 is 0 Å². The summed E-state index contributed by atoms with van der Waals surface area (Å²) in [6.45, 7) is 0. The molecule has 0 unspecified atom stereocenters. The molecule has 0 amide bonds. The third kappa shape index (κ3) is 5.46. The predicted molar refractivity (Wildman–Crippen MR) is 243 cm³/mol. The molecule has 0 aliphatic heterocycles. The van der Waals surface area contributed by atoms with Crippen molar-refractivity contribution in [2.45, 2.75) is 0 Å². The van der Waals surface area contributed by atoms with Gasteiger partial charge in [-0.3, -0.25) is 0 Å². The van der Waals surface area contributed by atoms with Gasteiger partial charge in [0.2, 0.25) is 0 Å². The van der Waals surface area contributed by atoms with Crippen molar-refractivity contribution in [1.82, 2.24) is 0 Å². The quantitative estimate of drug-likeness (QED) is 0.154. The Balaban J connectivity index is 1.14. The molecule has 0 fully saturated rings. The number of anilines is 3. The lowest BCUT2D eigenvalue weighted by Gasteiger charge is -2.29. The minimum absolute atomic E-state index is 1.10. The van der Waals surface area contributed by atoms with E-state index in [4.69, 9.17) is 0 Å². The van der Waals surface area contributed by atoms with Gasteiger partial charge in [0.1, 0.15) is 0 Å². The molecule has 1 nitrogen and oxygen atoms in total. The number of thiophene rings is 1. The molecule has 10 aromatic carbocycles. The second kappa shape index (κ2) is 13.4. The summed E-state index contributed by atoms with van der Waals surface area (Å²) >= 11 is 1.86. The molecule has 0 bridgehead atoms. The average Bonchev–Trinajstić information content (AvgIpc) is 3.65. The molecule has 2 heteroatoms. The molecular weight excluding hydrogens is 695 g/mol. The maximum Gasteiger partial charge on any atom is 0.0546 e. The van der Waals surface area contributed by atoms with Crippen LogP contribution in [-0.2, 0) is 0 Å². The van der Waals surface area contributed by atoms with E-state index in [1.165, 1.54) is 85.9 Å². The fraction of sp³-hybridized carbons (Fsp3) is 0. The maximum atomic E-state index is 2.46. The first-order valence-electron chi connectivity index (χ1n) is 19.2. The molecule has 262 valence electrons. The zero-order valence-electron chi connectivity index (χ0n) is 30.6. The molecule has 0 spiro atoms.